The highest BCUT2D eigenvalue weighted by atomic mass is 127. The maximum atomic E-state index is 6.05. The predicted molar refractivity (Wildman–Crippen MR) is 103 cm³/mol. The summed E-state index contributed by atoms with van der Waals surface area (Å²) < 4.78 is 6.05. The lowest BCUT2D eigenvalue weighted by Gasteiger charge is -2.33. The highest BCUT2D eigenvalue weighted by Crippen LogP contribution is 2.33. The molecule has 0 aromatic heterocycles. The monoisotopic (exact) mass is 417 g/mol. The molecule has 0 saturated carbocycles. The van der Waals surface area contributed by atoms with Crippen molar-refractivity contribution in [3.63, 3.8) is 0 Å². The van der Waals surface area contributed by atoms with E-state index < -0.39 is 0 Å². The summed E-state index contributed by atoms with van der Waals surface area (Å²) in [5.74, 6) is 1.40. The second-order valence-corrected chi connectivity index (χ2v) is 5.93. The fourth-order valence-corrected chi connectivity index (χ4v) is 2.84. The molecule has 0 amide bonds. The zero-order valence-electron chi connectivity index (χ0n) is 14.0. The molecular formula is C17H28IN3O. The maximum Gasteiger partial charge on any atom is 0.193 e. The van der Waals surface area contributed by atoms with Gasteiger partial charge in [0.1, 0.15) is 0 Å². The molecule has 1 aliphatic heterocycles. The van der Waals surface area contributed by atoms with Crippen LogP contribution in [0.25, 0.3) is 0 Å². The van der Waals surface area contributed by atoms with Crippen molar-refractivity contribution < 1.29 is 4.74 Å². The molecule has 2 rings (SSSR count). The Balaban J connectivity index is 0.00000242. The maximum absolute atomic E-state index is 6.05. The Bertz CT molecular complexity index is 473. The van der Waals surface area contributed by atoms with E-state index in [-0.39, 0.29) is 30.1 Å². The van der Waals surface area contributed by atoms with Crippen molar-refractivity contribution in [2.75, 3.05) is 34.3 Å². The SMILES string of the molecule is CN=C(NCC1CCCOC1c1ccc(C)cc1)N(C)C.I. The smallest absolute Gasteiger partial charge is 0.193 e. The fourth-order valence-electron chi connectivity index (χ4n) is 2.84. The number of benzene rings is 1. The average Bonchev–Trinajstić information content (AvgIpc) is 2.49. The van der Waals surface area contributed by atoms with Crippen LogP contribution in [0, 0.1) is 12.8 Å². The second kappa shape index (κ2) is 9.35. The third kappa shape index (κ3) is 5.12. The van der Waals surface area contributed by atoms with Crippen LogP contribution in [-0.2, 0) is 4.74 Å². The number of halogens is 1. The topological polar surface area (TPSA) is 36.9 Å². The zero-order valence-corrected chi connectivity index (χ0v) is 16.3. The van der Waals surface area contributed by atoms with Crippen LogP contribution in [0.4, 0.5) is 0 Å². The molecule has 0 bridgehead atoms. The lowest BCUT2D eigenvalue weighted by Crippen LogP contribution is -2.41. The molecule has 1 N–H and O–H groups in total. The molecule has 1 saturated heterocycles. The molecule has 1 fully saturated rings. The highest BCUT2D eigenvalue weighted by Gasteiger charge is 2.27. The van der Waals surface area contributed by atoms with Gasteiger partial charge in [-0.3, -0.25) is 4.99 Å². The molecule has 124 valence electrons. The molecule has 0 spiro atoms. The molecule has 1 aliphatic rings. The third-order valence-electron chi connectivity index (χ3n) is 4.01. The Morgan fingerprint density at radius 2 is 2.00 bits per heavy atom. The van der Waals surface area contributed by atoms with E-state index in [0.717, 1.165) is 25.5 Å². The van der Waals surface area contributed by atoms with Crippen LogP contribution in [0.2, 0.25) is 0 Å². The average molecular weight is 417 g/mol. The molecule has 1 aromatic rings. The van der Waals surface area contributed by atoms with E-state index in [1.54, 1.807) is 0 Å². The quantitative estimate of drug-likeness (QED) is 0.466. The van der Waals surface area contributed by atoms with Gasteiger partial charge in [0, 0.05) is 40.2 Å². The van der Waals surface area contributed by atoms with Crippen LogP contribution in [0.5, 0.6) is 0 Å². The molecule has 1 aromatic carbocycles. The minimum Gasteiger partial charge on any atom is -0.373 e. The number of guanidine groups is 1. The summed E-state index contributed by atoms with van der Waals surface area (Å²) in [5, 5.41) is 3.45. The summed E-state index contributed by atoms with van der Waals surface area (Å²) >= 11 is 0. The summed E-state index contributed by atoms with van der Waals surface area (Å²) in [6.45, 7) is 3.87. The van der Waals surface area contributed by atoms with Gasteiger partial charge in [-0.15, -0.1) is 24.0 Å². The normalized spacial score (nSPS) is 21.9. The first kappa shape index (κ1) is 19.2. The van der Waals surface area contributed by atoms with E-state index in [2.05, 4.69) is 41.5 Å². The second-order valence-electron chi connectivity index (χ2n) is 5.93. The van der Waals surface area contributed by atoms with E-state index in [4.69, 9.17) is 4.74 Å². The molecule has 22 heavy (non-hydrogen) atoms. The first-order valence-electron chi connectivity index (χ1n) is 7.68. The summed E-state index contributed by atoms with van der Waals surface area (Å²) in [4.78, 5) is 6.28. The van der Waals surface area contributed by atoms with Crippen LogP contribution in [0.1, 0.15) is 30.1 Å². The van der Waals surface area contributed by atoms with Crippen LogP contribution in [0.15, 0.2) is 29.3 Å². The number of nitrogens with zero attached hydrogens (tertiary/aromatic N) is 2. The minimum atomic E-state index is 0. The van der Waals surface area contributed by atoms with Gasteiger partial charge in [-0.1, -0.05) is 29.8 Å². The van der Waals surface area contributed by atoms with Crippen LogP contribution in [0.3, 0.4) is 0 Å². The Labute approximate surface area is 151 Å². The summed E-state index contributed by atoms with van der Waals surface area (Å²) in [7, 11) is 5.82. The zero-order chi connectivity index (χ0) is 15.2. The van der Waals surface area contributed by atoms with Gasteiger partial charge in [0.25, 0.3) is 0 Å². The van der Waals surface area contributed by atoms with Gasteiger partial charge in [-0.05, 0) is 25.3 Å². The number of rotatable bonds is 3. The summed E-state index contributed by atoms with van der Waals surface area (Å²) in [6, 6.07) is 8.71. The van der Waals surface area contributed by atoms with Crippen molar-refractivity contribution in [3.05, 3.63) is 35.4 Å². The molecule has 5 heteroatoms. The first-order valence-corrected chi connectivity index (χ1v) is 7.68. The van der Waals surface area contributed by atoms with Gasteiger partial charge in [0.05, 0.1) is 6.10 Å². The van der Waals surface area contributed by atoms with Crippen molar-refractivity contribution in [1.82, 2.24) is 10.2 Å². The van der Waals surface area contributed by atoms with Gasteiger partial charge in [0.15, 0.2) is 5.96 Å². The largest absolute Gasteiger partial charge is 0.373 e. The van der Waals surface area contributed by atoms with Crippen molar-refractivity contribution >= 4 is 29.9 Å². The molecule has 1 heterocycles. The lowest BCUT2D eigenvalue weighted by molar-refractivity contribution is -0.0266. The molecule has 2 atom stereocenters. The standard InChI is InChI=1S/C17H27N3O.HI/c1-13-7-9-14(10-8-13)16-15(6-5-11-21-16)12-19-17(18-2)20(3)4;/h7-10,15-16H,5-6,11-12H2,1-4H3,(H,18,19);1H. The van der Waals surface area contributed by atoms with Crippen LogP contribution >= 0.6 is 24.0 Å². The molecule has 4 nitrogen and oxygen atoms in total. The van der Waals surface area contributed by atoms with Crippen molar-refractivity contribution in [2.45, 2.75) is 25.9 Å². The van der Waals surface area contributed by atoms with E-state index in [1.807, 2.05) is 26.0 Å². The molecule has 2 unspecified atom stereocenters. The summed E-state index contributed by atoms with van der Waals surface area (Å²) in [6.07, 6.45) is 2.51. The number of hydrogen-bond acceptors (Lipinski definition) is 2. The predicted octanol–water partition coefficient (Wildman–Crippen LogP) is 3.22. The number of aliphatic imine (C=N–C) groups is 1. The Kier molecular flexibility index (Phi) is 8.17. The van der Waals surface area contributed by atoms with Gasteiger partial charge >= 0.3 is 0 Å². The van der Waals surface area contributed by atoms with Crippen LogP contribution < -0.4 is 5.32 Å². The lowest BCUT2D eigenvalue weighted by atomic mass is 9.89. The van der Waals surface area contributed by atoms with Crippen molar-refractivity contribution in [1.29, 1.82) is 0 Å². The van der Waals surface area contributed by atoms with E-state index in [9.17, 15) is 0 Å². The molecule has 0 aliphatic carbocycles. The number of aryl methyl sites for hydroxylation is 1. The highest BCUT2D eigenvalue weighted by molar-refractivity contribution is 14.0. The minimum absolute atomic E-state index is 0. The number of hydrogen-bond donors (Lipinski definition) is 1. The van der Waals surface area contributed by atoms with Gasteiger partial charge in [-0.25, -0.2) is 0 Å². The number of nitrogens with one attached hydrogen (secondary N) is 1. The Morgan fingerprint density at radius 3 is 2.59 bits per heavy atom. The van der Waals surface area contributed by atoms with E-state index in [0.29, 0.717) is 5.92 Å². The third-order valence-corrected chi connectivity index (χ3v) is 4.01. The first-order chi connectivity index (χ1) is 10.1. The van der Waals surface area contributed by atoms with Crippen molar-refractivity contribution in [2.24, 2.45) is 10.9 Å². The van der Waals surface area contributed by atoms with Gasteiger partial charge in [-0.2, -0.15) is 0 Å². The van der Waals surface area contributed by atoms with Gasteiger partial charge < -0.3 is 15.0 Å². The van der Waals surface area contributed by atoms with E-state index >= 15 is 0 Å². The van der Waals surface area contributed by atoms with Gasteiger partial charge in [0.2, 0.25) is 0 Å². The van der Waals surface area contributed by atoms with E-state index in [1.165, 1.54) is 17.5 Å². The summed E-state index contributed by atoms with van der Waals surface area (Å²) in [5.41, 5.74) is 2.57. The Morgan fingerprint density at radius 1 is 1.32 bits per heavy atom. The fraction of sp³-hybridized carbons (Fsp3) is 0.588. The molecular weight excluding hydrogens is 389 g/mol. The van der Waals surface area contributed by atoms with Crippen LogP contribution in [-0.4, -0.2) is 45.2 Å². The molecule has 0 radical (unpaired) electrons. The Hall–Kier alpha value is -0.820. The number of ether oxygens (including phenoxy) is 1. The van der Waals surface area contributed by atoms with Crippen molar-refractivity contribution in [3.8, 4) is 0 Å².